The highest BCUT2D eigenvalue weighted by atomic mass is 16.5. The summed E-state index contributed by atoms with van der Waals surface area (Å²) in [6.07, 6.45) is 2.61. The molecule has 0 fully saturated rings. The normalized spacial score (nSPS) is 12.5. The molecule has 1 aromatic heterocycles. The lowest BCUT2D eigenvalue weighted by Gasteiger charge is -2.13. The smallest absolute Gasteiger partial charge is 0.218 e. The number of pyridine rings is 1. The Kier molecular flexibility index (Phi) is 3.71. The van der Waals surface area contributed by atoms with Gasteiger partial charge in [-0.15, -0.1) is 0 Å². The molecule has 2 N–H and O–H groups in total. The average Bonchev–Trinajstić information content (AvgIpc) is 2.18. The van der Waals surface area contributed by atoms with E-state index in [4.69, 9.17) is 10.5 Å². The van der Waals surface area contributed by atoms with E-state index < -0.39 is 0 Å². The fraction of sp³-hybridized carbons (Fsp3) is 0.500. The maximum absolute atomic E-state index is 5.91. The van der Waals surface area contributed by atoms with Crippen molar-refractivity contribution in [3.8, 4) is 5.88 Å². The maximum Gasteiger partial charge on any atom is 0.218 e. The Hall–Kier alpha value is -1.09. The summed E-state index contributed by atoms with van der Waals surface area (Å²) < 4.78 is 5.37. The highest BCUT2D eigenvalue weighted by Crippen LogP contribution is 2.22. The molecule has 0 aromatic carbocycles. The Morgan fingerprint density at radius 3 is 2.92 bits per heavy atom. The van der Waals surface area contributed by atoms with Gasteiger partial charge in [0.25, 0.3) is 0 Å². The average molecular weight is 180 g/mol. The first-order chi connectivity index (χ1) is 6.29. The topological polar surface area (TPSA) is 48.1 Å². The Morgan fingerprint density at radius 1 is 1.54 bits per heavy atom. The van der Waals surface area contributed by atoms with Gasteiger partial charge >= 0.3 is 0 Å². The number of aromatic nitrogens is 1. The van der Waals surface area contributed by atoms with Crippen LogP contribution in [-0.4, -0.2) is 11.6 Å². The van der Waals surface area contributed by atoms with Crippen LogP contribution in [0.4, 0.5) is 0 Å². The largest absolute Gasteiger partial charge is 0.478 e. The molecule has 0 aliphatic rings. The molecule has 3 heteroatoms. The molecular formula is C10H16N2O. The molecule has 0 amide bonds. The Bertz CT molecular complexity index is 263. The van der Waals surface area contributed by atoms with Crippen LogP contribution < -0.4 is 10.5 Å². The summed E-state index contributed by atoms with van der Waals surface area (Å²) in [5.74, 6) is 0.666. The van der Waals surface area contributed by atoms with Crippen LogP contribution in [0.2, 0.25) is 0 Å². The van der Waals surface area contributed by atoms with Crippen molar-refractivity contribution < 1.29 is 4.74 Å². The van der Waals surface area contributed by atoms with Crippen LogP contribution in [0.15, 0.2) is 18.3 Å². The van der Waals surface area contributed by atoms with Crippen LogP contribution in [-0.2, 0) is 0 Å². The van der Waals surface area contributed by atoms with Crippen LogP contribution in [0.3, 0.4) is 0 Å². The third kappa shape index (κ3) is 2.42. The van der Waals surface area contributed by atoms with E-state index in [1.807, 2.05) is 26.0 Å². The van der Waals surface area contributed by atoms with Crippen molar-refractivity contribution in [1.29, 1.82) is 0 Å². The van der Waals surface area contributed by atoms with Gasteiger partial charge in [0.2, 0.25) is 5.88 Å². The van der Waals surface area contributed by atoms with Gasteiger partial charge in [-0.05, 0) is 19.4 Å². The molecular weight excluding hydrogens is 164 g/mol. The second-order valence-corrected chi connectivity index (χ2v) is 2.85. The van der Waals surface area contributed by atoms with Gasteiger partial charge in [-0.25, -0.2) is 4.98 Å². The van der Waals surface area contributed by atoms with Crippen LogP contribution in [0.5, 0.6) is 5.88 Å². The van der Waals surface area contributed by atoms with Gasteiger partial charge in [-0.2, -0.15) is 0 Å². The van der Waals surface area contributed by atoms with Crippen molar-refractivity contribution in [2.75, 3.05) is 6.61 Å². The first-order valence-electron chi connectivity index (χ1n) is 4.62. The fourth-order valence-electron chi connectivity index (χ4n) is 1.16. The lowest BCUT2D eigenvalue weighted by atomic mass is 10.1. The molecule has 72 valence electrons. The summed E-state index contributed by atoms with van der Waals surface area (Å²) in [7, 11) is 0. The molecule has 0 aliphatic carbocycles. The van der Waals surface area contributed by atoms with Crippen molar-refractivity contribution in [2.45, 2.75) is 26.3 Å². The van der Waals surface area contributed by atoms with Gasteiger partial charge in [0.05, 0.1) is 6.61 Å². The molecule has 13 heavy (non-hydrogen) atoms. The van der Waals surface area contributed by atoms with E-state index in [1.165, 1.54) is 0 Å². The maximum atomic E-state index is 5.91. The van der Waals surface area contributed by atoms with E-state index in [9.17, 15) is 0 Å². The molecule has 0 spiro atoms. The van der Waals surface area contributed by atoms with Gasteiger partial charge in [-0.1, -0.05) is 13.0 Å². The van der Waals surface area contributed by atoms with Crippen LogP contribution in [0, 0.1) is 0 Å². The van der Waals surface area contributed by atoms with E-state index in [2.05, 4.69) is 4.98 Å². The molecule has 0 saturated heterocycles. The molecule has 3 nitrogen and oxygen atoms in total. The first-order valence-corrected chi connectivity index (χ1v) is 4.62. The van der Waals surface area contributed by atoms with Crippen molar-refractivity contribution in [3.05, 3.63) is 23.9 Å². The van der Waals surface area contributed by atoms with Crippen LogP contribution in [0.25, 0.3) is 0 Å². The van der Waals surface area contributed by atoms with Gasteiger partial charge in [0, 0.05) is 17.8 Å². The van der Waals surface area contributed by atoms with E-state index in [-0.39, 0.29) is 6.04 Å². The van der Waals surface area contributed by atoms with Gasteiger partial charge in [0.15, 0.2) is 0 Å². The zero-order chi connectivity index (χ0) is 9.68. The molecule has 0 aliphatic heterocycles. The molecule has 1 atom stereocenters. The monoisotopic (exact) mass is 180 g/mol. The Morgan fingerprint density at radius 2 is 2.31 bits per heavy atom. The second-order valence-electron chi connectivity index (χ2n) is 2.85. The standard InChI is InChI=1S/C10H16N2O/c1-3-9(11)8-6-5-7-12-10(8)13-4-2/h5-7,9H,3-4,11H2,1-2H3. The summed E-state index contributed by atoms with van der Waals surface area (Å²) in [4.78, 5) is 4.14. The summed E-state index contributed by atoms with van der Waals surface area (Å²) in [6.45, 7) is 4.61. The number of hydrogen-bond acceptors (Lipinski definition) is 3. The first kappa shape index (κ1) is 9.99. The molecule has 0 bridgehead atoms. The van der Waals surface area contributed by atoms with Gasteiger partial charge < -0.3 is 10.5 Å². The summed E-state index contributed by atoms with van der Waals surface area (Å²) in [6, 6.07) is 3.87. The lowest BCUT2D eigenvalue weighted by Crippen LogP contribution is -2.11. The van der Waals surface area contributed by atoms with Gasteiger partial charge in [-0.3, -0.25) is 0 Å². The molecule has 1 heterocycles. The van der Waals surface area contributed by atoms with Crippen LogP contribution in [0.1, 0.15) is 31.9 Å². The third-order valence-corrected chi connectivity index (χ3v) is 1.92. The summed E-state index contributed by atoms with van der Waals surface area (Å²) in [5, 5.41) is 0. The fourth-order valence-corrected chi connectivity index (χ4v) is 1.16. The SMILES string of the molecule is CCOc1ncccc1C(N)CC. The number of nitrogens with zero attached hydrogens (tertiary/aromatic N) is 1. The van der Waals surface area contributed by atoms with E-state index in [0.717, 1.165) is 12.0 Å². The minimum Gasteiger partial charge on any atom is -0.478 e. The number of hydrogen-bond donors (Lipinski definition) is 1. The molecule has 1 unspecified atom stereocenters. The van der Waals surface area contributed by atoms with Crippen molar-refractivity contribution in [2.24, 2.45) is 5.73 Å². The summed E-state index contributed by atoms with van der Waals surface area (Å²) in [5.41, 5.74) is 6.90. The number of ether oxygens (including phenoxy) is 1. The highest BCUT2D eigenvalue weighted by Gasteiger charge is 2.10. The second kappa shape index (κ2) is 4.82. The molecule has 1 rings (SSSR count). The summed E-state index contributed by atoms with van der Waals surface area (Å²) >= 11 is 0. The Balaban J connectivity index is 2.90. The van der Waals surface area contributed by atoms with E-state index in [0.29, 0.717) is 12.5 Å². The zero-order valence-corrected chi connectivity index (χ0v) is 8.16. The van der Waals surface area contributed by atoms with E-state index in [1.54, 1.807) is 6.20 Å². The number of nitrogens with two attached hydrogens (primary N) is 1. The van der Waals surface area contributed by atoms with Crippen molar-refractivity contribution >= 4 is 0 Å². The van der Waals surface area contributed by atoms with Crippen molar-refractivity contribution in [1.82, 2.24) is 4.98 Å². The minimum absolute atomic E-state index is 0.0234. The van der Waals surface area contributed by atoms with Crippen LogP contribution >= 0.6 is 0 Å². The predicted octanol–water partition coefficient (Wildman–Crippen LogP) is 1.89. The molecule has 1 aromatic rings. The highest BCUT2D eigenvalue weighted by molar-refractivity contribution is 5.28. The third-order valence-electron chi connectivity index (χ3n) is 1.92. The molecule has 0 radical (unpaired) electrons. The predicted molar refractivity (Wildman–Crippen MR) is 52.6 cm³/mol. The number of rotatable bonds is 4. The Labute approximate surface area is 78.9 Å². The van der Waals surface area contributed by atoms with E-state index >= 15 is 0 Å². The zero-order valence-electron chi connectivity index (χ0n) is 8.16. The quantitative estimate of drug-likeness (QED) is 0.769. The lowest BCUT2D eigenvalue weighted by molar-refractivity contribution is 0.320. The minimum atomic E-state index is 0.0234. The van der Waals surface area contributed by atoms with Gasteiger partial charge in [0.1, 0.15) is 0 Å². The van der Waals surface area contributed by atoms with Crippen molar-refractivity contribution in [3.63, 3.8) is 0 Å². The molecule has 0 saturated carbocycles.